The van der Waals surface area contributed by atoms with Gasteiger partial charge in [0.1, 0.15) is 11.2 Å². The van der Waals surface area contributed by atoms with E-state index in [0.717, 1.165) is 39.5 Å². The van der Waals surface area contributed by atoms with Crippen LogP contribution in [-0.2, 0) is 11.2 Å². The lowest BCUT2D eigenvalue weighted by Gasteiger charge is -2.44. The molecule has 1 N–H and O–H groups in total. The molecule has 170 valence electrons. The van der Waals surface area contributed by atoms with Gasteiger partial charge in [-0.2, -0.15) is 0 Å². The molecule has 2 aliphatic heterocycles. The summed E-state index contributed by atoms with van der Waals surface area (Å²) in [4.78, 5) is 28.2. The van der Waals surface area contributed by atoms with Crippen molar-refractivity contribution in [3.8, 4) is 0 Å². The minimum Gasteiger partial charge on any atom is -0.464 e. The molecule has 4 heterocycles. The van der Waals surface area contributed by atoms with Crippen molar-refractivity contribution in [2.45, 2.75) is 65.3 Å². The molecule has 1 amide bonds. The maximum atomic E-state index is 12.8. The zero-order valence-electron chi connectivity index (χ0n) is 19.3. The van der Waals surface area contributed by atoms with Crippen LogP contribution in [0.4, 0.5) is 0 Å². The van der Waals surface area contributed by atoms with E-state index in [2.05, 4.69) is 10.2 Å². The zero-order chi connectivity index (χ0) is 22.4. The Kier molecular flexibility index (Phi) is 5.58. The average molecular weight is 437 g/mol. The molecule has 2 atom stereocenters. The van der Waals surface area contributed by atoms with Gasteiger partial charge in [-0.15, -0.1) is 0 Å². The topological polar surface area (TPSA) is 75.7 Å². The first-order chi connectivity index (χ1) is 15.4. The first-order valence-corrected chi connectivity index (χ1v) is 11.9. The fraction of sp³-hybridized carbons (Fsp3) is 0.538. The third-order valence-electron chi connectivity index (χ3n) is 7.66. The van der Waals surface area contributed by atoms with E-state index >= 15 is 0 Å². The SMILES string of the molecule is Cc1coc2c(C)c3oc(=O)c(CC(=O)NC[C@H]4CCCN5CCCC[C@H]45)c(C)c3cc12. The summed E-state index contributed by atoms with van der Waals surface area (Å²) in [5.41, 5.74) is 3.96. The first-order valence-electron chi connectivity index (χ1n) is 11.9. The fourth-order valence-electron chi connectivity index (χ4n) is 5.81. The van der Waals surface area contributed by atoms with Crippen LogP contribution in [0.5, 0.6) is 0 Å². The number of hydrogen-bond acceptors (Lipinski definition) is 5. The number of rotatable bonds is 4. The summed E-state index contributed by atoms with van der Waals surface area (Å²) < 4.78 is 11.3. The van der Waals surface area contributed by atoms with Crippen LogP contribution in [-0.4, -0.2) is 36.5 Å². The Hall–Kier alpha value is -2.60. The predicted octanol–water partition coefficient (Wildman–Crippen LogP) is 4.39. The number of benzene rings is 1. The molecule has 0 bridgehead atoms. The number of nitrogens with zero attached hydrogens (tertiary/aromatic N) is 1. The Morgan fingerprint density at radius 2 is 1.88 bits per heavy atom. The highest BCUT2D eigenvalue weighted by Crippen LogP contribution is 2.33. The molecule has 32 heavy (non-hydrogen) atoms. The molecule has 0 unspecified atom stereocenters. The number of furan rings is 1. The third-order valence-corrected chi connectivity index (χ3v) is 7.66. The van der Waals surface area contributed by atoms with Gasteiger partial charge in [0.25, 0.3) is 0 Å². The van der Waals surface area contributed by atoms with Crippen LogP contribution in [0, 0.1) is 26.7 Å². The summed E-state index contributed by atoms with van der Waals surface area (Å²) in [5.74, 6) is 0.395. The van der Waals surface area contributed by atoms with Crippen molar-refractivity contribution >= 4 is 27.8 Å². The molecule has 6 nitrogen and oxygen atoms in total. The van der Waals surface area contributed by atoms with E-state index in [1.807, 2.05) is 26.8 Å². The van der Waals surface area contributed by atoms with Crippen LogP contribution in [0.2, 0.25) is 0 Å². The lowest BCUT2D eigenvalue weighted by Crippen LogP contribution is -2.51. The Morgan fingerprint density at radius 3 is 2.72 bits per heavy atom. The number of carbonyl (C=O) groups is 1. The molecule has 0 aliphatic carbocycles. The fourth-order valence-corrected chi connectivity index (χ4v) is 5.81. The molecule has 2 fully saturated rings. The monoisotopic (exact) mass is 436 g/mol. The Bertz CT molecular complexity index is 1240. The highest BCUT2D eigenvalue weighted by atomic mass is 16.4. The van der Waals surface area contributed by atoms with Gasteiger partial charge in [-0.3, -0.25) is 4.79 Å². The van der Waals surface area contributed by atoms with Crippen molar-refractivity contribution in [2.24, 2.45) is 5.92 Å². The highest BCUT2D eigenvalue weighted by Gasteiger charge is 2.33. The summed E-state index contributed by atoms with van der Waals surface area (Å²) in [6.45, 7) is 8.87. The summed E-state index contributed by atoms with van der Waals surface area (Å²) >= 11 is 0. The van der Waals surface area contributed by atoms with Crippen LogP contribution < -0.4 is 10.9 Å². The van der Waals surface area contributed by atoms with E-state index in [1.54, 1.807) is 6.26 Å². The standard InChI is InChI=1S/C26H32N2O4/c1-15-14-31-24-17(3)25-20(11-19(15)24)16(2)21(26(30)32-25)12-23(29)27-13-18-7-6-10-28-9-5-4-8-22(18)28/h11,14,18,22H,4-10,12-13H2,1-3H3,(H,27,29)/t18-,22-/m1/s1. The van der Waals surface area contributed by atoms with Crippen LogP contribution >= 0.6 is 0 Å². The molecule has 0 saturated carbocycles. The van der Waals surface area contributed by atoms with Crippen LogP contribution in [0.15, 0.2) is 26.0 Å². The second kappa shape index (κ2) is 8.39. The average Bonchev–Trinajstić information content (AvgIpc) is 3.17. The van der Waals surface area contributed by atoms with Crippen molar-refractivity contribution in [3.05, 3.63) is 45.0 Å². The Balaban J connectivity index is 1.36. The van der Waals surface area contributed by atoms with Crippen molar-refractivity contribution in [1.82, 2.24) is 10.2 Å². The van der Waals surface area contributed by atoms with Crippen molar-refractivity contribution in [3.63, 3.8) is 0 Å². The molecule has 2 aliphatic rings. The predicted molar refractivity (Wildman–Crippen MR) is 125 cm³/mol. The zero-order valence-corrected chi connectivity index (χ0v) is 19.3. The van der Waals surface area contributed by atoms with E-state index in [0.29, 0.717) is 29.7 Å². The number of carbonyl (C=O) groups excluding carboxylic acids is 1. The lowest BCUT2D eigenvalue weighted by molar-refractivity contribution is -0.120. The normalized spacial score (nSPS) is 21.7. The highest BCUT2D eigenvalue weighted by molar-refractivity contribution is 6.00. The van der Waals surface area contributed by atoms with E-state index in [-0.39, 0.29) is 12.3 Å². The van der Waals surface area contributed by atoms with Gasteiger partial charge in [0.15, 0.2) is 0 Å². The molecular formula is C26H32N2O4. The summed E-state index contributed by atoms with van der Waals surface area (Å²) in [6, 6.07) is 2.60. The van der Waals surface area contributed by atoms with E-state index in [9.17, 15) is 9.59 Å². The van der Waals surface area contributed by atoms with E-state index < -0.39 is 5.63 Å². The van der Waals surface area contributed by atoms with Crippen LogP contribution in [0.1, 0.15) is 54.4 Å². The Labute approximate surface area is 187 Å². The number of hydrogen-bond donors (Lipinski definition) is 1. The second-order valence-corrected chi connectivity index (χ2v) is 9.65. The first kappa shape index (κ1) is 21.3. The van der Waals surface area contributed by atoms with Gasteiger partial charge in [-0.05, 0) is 82.7 Å². The molecule has 3 aromatic rings. The van der Waals surface area contributed by atoms with Crippen LogP contribution in [0.3, 0.4) is 0 Å². The smallest absolute Gasteiger partial charge is 0.340 e. The number of amides is 1. The summed E-state index contributed by atoms with van der Waals surface area (Å²) in [6.07, 6.45) is 7.94. The number of aryl methyl sites for hydroxylation is 3. The number of nitrogens with one attached hydrogen (secondary N) is 1. The van der Waals surface area contributed by atoms with Crippen molar-refractivity contribution in [1.29, 1.82) is 0 Å². The third kappa shape index (κ3) is 3.64. The maximum absolute atomic E-state index is 12.8. The molecule has 2 saturated heterocycles. The maximum Gasteiger partial charge on any atom is 0.340 e. The minimum atomic E-state index is -0.438. The van der Waals surface area contributed by atoms with E-state index in [4.69, 9.17) is 8.83 Å². The molecule has 1 aromatic carbocycles. The second-order valence-electron chi connectivity index (χ2n) is 9.65. The molecule has 0 spiro atoms. The Morgan fingerprint density at radius 1 is 1.06 bits per heavy atom. The van der Waals surface area contributed by atoms with Crippen molar-refractivity contribution < 1.29 is 13.6 Å². The molecular weight excluding hydrogens is 404 g/mol. The largest absolute Gasteiger partial charge is 0.464 e. The minimum absolute atomic E-state index is 0.0483. The van der Waals surface area contributed by atoms with Gasteiger partial charge < -0.3 is 19.1 Å². The van der Waals surface area contributed by atoms with Crippen molar-refractivity contribution in [2.75, 3.05) is 19.6 Å². The van der Waals surface area contributed by atoms with Gasteiger partial charge in [0, 0.05) is 28.9 Å². The van der Waals surface area contributed by atoms with E-state index in [1.165, 1.54) is 38.8 Å². The molecule has 5 rings (SSSR count). The summed E-state index contributed by atoms with van der Waals surface area (Å²) in [5, 5.41) is 5.00. The molecule has 0 radical (unpaired) electrons. The van der Waals surface area contributed by atoms with Gasteiger partial charge in [0.05, 0.1) is 18.2 Å². The molecule has 6 heteroatoms. The van der Waals surface area contributed by atoms with Gasteiger partial charge in [-0.1, -0.05) is 6.42 Å². The molecule has 2 aromatic heterocycles. The number of fused-ring (bicyclic) bond motifs is 3. The lowest BCUT2D eigenvalue weighted by atomic mass is 9.83. The summed E-state index contributed by atoms with van der Waals surface area (Å²) in [7, 11) is 0. The number of piperidine rings is 2. The van der Waals surface area contributed by atoms with Crippen LogP contribution in [0.25, 0.3) is 21.9 Å². The van der Waals surface area contributed by atoms with Gasteiger partial charge in [-0.25, -0.2) is 4.79 Å². The quantitative estimate of drug-likeness (QED) is 0.614. The van der Waals surface area contributed by atoms with Gasteiger partial charge >= 0.3 is 5.63 Å². The van der Waals surface area contributed by atoms with Gasteiger partial charge in [0.2, 0.25) is 5.91 Å².